The lowest BCUT2D eigenvalue weighted by atomic mass is 9.86. The minimum Gasteiger partial charge on any atom is -0.341 e. The fourth-order valence-corrected chi connectivity index (χ4v) is 5.44. The maximum absolute atomic E-state index is 12.8. The Hall–Kier alpha value is -2.14. The van der Waals surface area contributed by atoms with Crippen LogP contribution in [0.4, 0.5) is 0 Å². The van der Waals surface area contributed by atoms with Gasteiger partial charge in [0.2, 0.25) is 5.91 Å². The molecule has 1 aliphatic heterocycles. The SMILES string of the molecule is CC(C)(C)c1ccc(CC(=O)N2CCC(c3ccccc3)S(=O)(=O)CC2)cc1. The average molecular weight is 400 g/mol. The van der Waals surface area contributed by atoms with Crippen molar-refractivity contribution in [2.75, 3.05) is 18.8 Å². The topological polar surface area (TPSA) is 54.5 Å². The lowest BCUT2D eigenvalue weighted by Crippen LogP contribution is -2.34. The third-order valence-electron chi connectivity index (χ3n) is 5.44. The van der Waals surface area contributed by atoms with Gasteiger partial charge in [-0.1, -0.05) is 75.4 Å². The summed E-state index contributed by atoms with van der Waals surface area (Å²) in [5.41, 5.74) is 3.09. The second kappa shape index (κ2) is 8.08. The highest BCUT2D eigenvalue weighted by molar-refractivity contribution is 7.91. The first-order valence-electron chi connectivity index (χ1n) is 9.80. The molecule has 0 radical (unpaired) electrons. The minimum absolute atomic E-state index is 0.00702. The molecule has 0 N–H and O–H groups in total. The number of sulfone groups is 1. The molecule has 0 aliphatic carbocycles. The van der Waals surface area contributed by atoms with E-state index in [2.05, 4.69) is 32.9 Å². The van der Waals surface area contributed by atoms with E-state index in [1.54, 1.807) is 4.90 Å². The summed E-state index contributed by atoms with van der Waals surface area (Å²) in [7, 11) is -3.27. The van der Waals surface area contributed by atoms with Gasteiger partial charge in [-0.3, -0.25) is 4.79 Å². The molecule has 3 rings (SSSR count). The van der Waals surface area contributed by atoms with Crippen LogP contribution in [0.25, 0.3) is 0 Å². The molecule has 1 heterocycles. The standard InChI is InChI=1S/C23H29NO3S/c1-23(2,3)20-11-9-18(10-12-20)17-22(25)24-14-13-21(28(26,27)16-15-24)19-7-5-4-6-8-19/h4-12,21H,13-17H2,1-3H3. The predicted molar refractivity (Wildman–Crippen MR) is 113 cm³/mol. The fourth-order valence-electron chi connectivity index (χ4n) is 3.64. The van der Waals surface area contributed by atoms with Gasteiger partial charge in [0.25, 0.3) is 0 Å². The average Bonchev–Trinajstić information content (AvgIpc) is 2.80. The zero-order valence-electron chi connectivity index (χ0n) is 16.9. The molecular formula is C23H29NO3S. The molecule has 1 unspecified atom stereocenters. The minimum atomic E-state index is -3.27. The number of amides is 1. The Balaban J connectivity index is 1.69. The molecule has 5 heteroatoms. The summed E-state index contributed by atoms with van der Waals surface area (Å²) in [6.45, 7) is 7.22. The largest absolute Gasteiger partial charge is 0.341 e. The lowest BCUT2D eigenvalue weighted by molar-refractivity contribution is -0.130. The summed E-state index contributed by atoms with van der Waals surface area (Å²) in [4.78, 5) is 14.5. The molecule has 0 saturated carbocycles. The van der Waals surface area contributed by atoms with Crippen molar-refractivity contribution in [2.45, 2.75) is 44.3 Å². The summed E-state index contributed by atoms with van der Waals surface area (Å²) in [6, 6.07) is 17.5. The highest BCUT2D eigenvalue weighted by Crippen LogP contribution is 2.29. The van der Waals surface area contributed by atoms with Crippen molar-refractivity contribution in [3.05, 3.63) is 71.3 Å². The first kappa shape index (κ1) is 20.6. The molecule has 0 aromatic heterocycles. The van der Waals surface area contributed by atoms with Crippen LogP contribution in [0.15, 0.2) is 54.6 Å². The zero-order valence-corrected chi connectivity index (χ0v) is 17.7. The number of nitrogens with zero attached hydrogens (tertiary/aromatic N) is 1. The van der Waals surface area contributed by atoms with Crippen molar-refractivity contribution in [1.82, 2.24) is 4.90 Å². The Bertz CT molecular complexity index is 913. The number of benzene rings is 2. The van der Waals surface area contributed by atoms with E-state index in [1.165, 1.54) is 5.56 Å². The van der Waals surface area contributed by atoms with Crippen molar-refractivity contribution >= 4 is 15.7 Å². The number of rotatable bonds is 3. The van der Waals surface area contributed by atoms with Crippen molar-refractivity contribution in [2.24, 2.45) is 0 Å². The number of hydrogen-bond donors (Lipinski definition) is 0. The van der Waals surface area contributed by atoms with Crippen LogP contribution in [0.2, 0.25) is 0 Å². The molecule has 1 fully saturated rings. The number of carbonyl (C=O) groups excluding carboxylic acids is 1. The van der Waals surface area contributed by atoms with Gasteiger partial charge < -0.3 is 4.90 Å². The van der Waals surface area contributed by atoms with Gasteiger partial charge in [0.1, 0.15) is 0 Å². The summed E-state index contributed by atoms with van der Waals surface area (Å²) < 4.78 is 25.4. The van der Waals surface area contributed by atoms with E-state index in [1.807, 2.05) is 42.5 Å². The molecule has 1 saturated heterocycles. The quantitative estimate of drug-likeness (QED) is 0.786. The van der Waals surface area contributed by atoms with Crippen molar-refractivity contribution in [1.29, 1.82) is 0 Å². The van der Waals surface area contributed by atoms with Crippen LogP contribution in [0.1, 0.15) is 49.1 Å². The van der Waals surface area contributed by atoms with E-state index in [0.29, 0.717) is 19.4 Å². The van der Waals surface area contributed by atoms with Gasteiger partial charge in [-0.05, 0) is 28.5 Å². The second-order valence-electron chi connectivity index (χ2n) is 8.56. The van der Waals surface area contributed by atoms with Gasteiger partial charge in [0, 0.05) is 13.1 Å². The highest BCUT2D eigenvalue weighted by Gasteiger charge is 2.32. The lowest BCUT2D eigenvalue weighted by Gasteiger charge is -2.21. The van der Waals surface area contributed by atoms with Crippen molar-refractivity contribution in [3.8, 4) is 0 Å². The Kier molecular flexibility index (Phi) is 5.94. The Morgan fingerprint density at radius 2 is 1.64 bits per heavy atom. The van der Waals surface area contributed by atoms with Gasteiger partial charge in [-0.2, -0.15) is 0 Å². The molecular weight excluding hydrogens is 370 g/mol. The van der Waals surface area contributed by atoms with E-state index in [9.17, 15) is 13.2 Å². The molecule has 1 amide bonds. The molecule has 1 aliphatic rings. The third-order valence-corrected chi connectivity index (χ3v) is 7.57. The van der Waals surface area contributed by atoms with Crippen LogP contribution >= 0.6 is 0 Å². The second-order valence-corrected chi connectivity index (χ2v) is 10.9. The predicted octanol–water partition coefficient (Wildman–Crippen LogP) is 3.92. The van der Waals surface area contributed by atoms with E-state index in [4.69, 9.17) is 0 Å². The smallest absolute Gasteiger partial charge is 0.227 e. The molecule has 4 nitrogen and oxygen atoms in total. The molecule has 0 spiro atoms. The van der Waals surface area contributed by atoms with E-state index in [-0.39, 0.29) is 23.6 Å². The summed E-state index contributed by atoms with van der Waals surface area (Å²) >= 11 is 0. The molecule has 28 heavy (non-hydrogen) atoms. The summed E-state index contributed by atoms with van der Waals surface area (Å²) in [5, 5.41) is -0.530. The third kappa shape index (κ3) is 4.82. The monoisotopic (exact) mass is 399 g/mol. The number of carbonyl (C=O) groups is 1. The normalized spacial score (nSPS) is 19.8. The van der Waals surface area contributed by atoms with E-state index in [0.717, 1.165) is 11.1 Å². The Morgan fingerprint density at radius 3 is 2.25 bits per heavy atom. The zero-order chi connectivity index (χ0) is 20.4. The molecule has 0 bridgehead atoms. The van der Waals surface area contributed by atoms with Gasteiger partial charge in [-0.25, -0.2) is 8.42 Å². The number of hydrogen-bond acceptors (Lipinski definition) is 3. The van der Waals surface area contributed by atoms with Gasteiger partial charge >= 0.3 is 0 Å². The Labute approximate surface area is 168 Å². The molecule has 2 aromatic carbocycles. The molecule has 1 atom stereocenters. The highest BCUT2D eigenvalue weighted by atomic mass is 32.2. The van der Waals surface area contributed by atoms with Crippen LogP contribution < -0.4 is 0 Å². The maximum atomic E-state index is 12.8. The van der Waals surface area contributed by atoms with Crippen LogP contribution in [-0.4, -0.2) is 38.1 Å². The van der Waals surface area contributed by atoms with Gasteiger partial charge in [-0.15, -0.1) is 0 Å². The van der Waals surface area contributed by atoms with Crippen LogP contribution in [0.5, 0.6) is 0 Å². The Morgan fingerprint density at radius 1 is 1.00 bits per heavy atom. The molecule has 150 valence electrons. The van der Waals surface area contributed by atoms with E-state index < -0.39 is 15.1 Å². The summed E-state index contributed by atoms with van der Waals surface area (Å²) in [6.07, 6.45) is 0.752. The van der Waals surface area contributed by atoms with E-state index >= 15 is 0 Å². The van der Waals surface area contributed by atoms with Crippen LogP contribution in [-0.2, 0) is 26.5 Å². The van der Waals surface area contributed by atoms with Gasteiger partial charge in [0.05, 0.1) is 17.4 Å². The molecule has 2 aromatic rings. The maximum Gasteiger partial charge on any atom is 0.227 e. The van der Waals surface area contributed by atoms with Gasteiger partial charge in [0.15, 0.2) is 9.84 Å². The van der Waals surface area contributed by atoms with Crippen molar-refractivity contribution < 1.29 is 13.2 Å². The fraction of sp³-hybridized carbons (Fsp3) is 0.435. The van der Waals surface area contributed by atoms with Crippen LogP contribution in [0.3, 0.4) is 0 Å². The first-order chi connectivity index (χ1) is 13.2. The first-order valence-corrected chi connectivity index (χ1v) is 11.5. The summed E-state index contributed by atoms with van der Waals surface area (Å²) in [5.74, 6) is 0.00812. The van der Waals surface area contributed by atoms with Crippen molar-refractivity contribution in [3.63, 3.8) is 0 Å². The van der Waals surface area contributed by atoms with Crippen LogP contribution in [0, 0.1) is 0 Å².